The molecule has 132 valence electrons. The van der Waals surface area contributed by atoms with Crippen molar-refractivity contribution in [3.05, 3.63) is 29.2 Å². The molecular formula is C19H24BFN2O2. The molecule has 0 atom stereocenters. The van der Waals surface area contributed by atoms with Crippen molar-refractivity contribution >= 4 is 23.5 Å². The second-order valence-corrected chi connectivity index (χ2v) is 8.02. The van der Waals surface area contributed by atoms with Crippen LogP contribution in [0.15, 0.2) is 12.1 Å². The summed E-state index contributed by atoms with van der Waals surface area (Å²) in [6.07, 6.45) is 0. The molecule has 4 nitrogen and oxygen atoms in total. The number of hydrogen-bond acceptors (Lipinski definition) is 3. The molecule has 0 unspecified atom stereocenters. The van der Waals surface area contributed by atoms with Crippen LogP contribution in [0.25, 0.3) is 10.9 Å². The highest BCUT2D eigenvalue weighted by molar-refractivity contribution is 6.62. The van der Waals surface area contributed by atoms with Crippen molar-refractivity contribution in [3.8, 4) is 6.07 Å². The lowest BCUT2D eigenvalue weighted by Gasteiger charge is -2.32. The number of fused-ring (bicyclic) bond motifs is 1. The minimum absolute atomic E-state index is 0.109. The summed E-state index contributed by atoms with van der Waals surface area (Å²) in [5.41, 5.74) is 1.52. The Hall–Kier alpha value is -1.84. The second kappa shape index (κ2) is 5.58. The van der Waals surface area contributed by atoms with E-state index in [1.807, 2.05) is 59.1 Å². The number of aromatic nitrogens is 1. The highest BCUT2D eigenvalue weighted by Gasteiger charge is 2.52. The van der Waals surface area contributed by atoms with E-state index in [-0.39, 0.29) is 6.04 Å². The highest BCUT2D eigenvalue weighted by atomic mass is 19.1. The maximum atomic E-state index is 14.9. The third-order valence-electron chi connectivity index (χ3n) is 5.48. The molecular weight excluding hydrogens is 318 g/mol. The van der Waals surface area contributed by atoms with Crippen LogP contribution in [0, 0.1) is 24.1 Å². The Morgan fingerprint density at radius 3 is 2.20 bits per heavy atom. The van der Waals surface area contributed by atoms with Gasteiger partial charge in [-0.1, -0.05) is 0 Å². The fraction of sp³-hybridized carbons (Fsp3) is 0.526. The van der Waals surface area contributed by atoms with Gasteiger partial charge in [-0.25, -0.2) is 4.39 Å². The zero-order valence-corrected chi connectivity index (χ0v) is 15.9. The van der Waals surface area contributed by atoms with E-state index in [1.54, 1.807) is 0 Å². The molecule has 1 saturated heterocycles. The molecule has 2 heterocycles. The summed E-state index contributed by atoms with van der Waals surface area (Å²) in [7, 11) is -0.634. The van der Waals surface area contributed by atoms with Gasteiger partial charge in [-0.3, -0.25) is 0 Å². The summed E-state index contributed by atoms with van der Waals surface area (Å²) < 4.78 is 29.0. The fourth-order valence-electron chi connectivity index (χ4n) is 3.45. The van der Waals surface area contributed by atoms with Crippen molar-refractivity contribution in [1.82, 2.24) is 4.57 Å². The molecule has 1 aromatic heterocycles. The molecule has 0 amide bonds. The maximum absolute atomic E-state index is 14.9. The molecule has 1 fully saturated rings. The normalized spacial score (nSPS) is 19.0. The van der Waals surface area contributed by atoms with Crippen LogP contribution in [-0.4, -0.2) is 22.9 Å². The monoisotopic (exact) mass is 342 g/mol. The first-order valence-corrected chi connectivity index (χ1v) is 8.60. The zero-order chi connectivity index (χ0) is 18.7. The number of nitrogens with zero attached hydrogens (tertiary/aromatic N) is 2. The highest BCUT2D eigenvalue weighted by Crippen LogP contribution is 2.37. The lowest BCUT2D eigenvalue weighted by Crippen LogP contribution is -2.41. The molecule has 6 heteroatoms. The topological polar surface area (TPSA) is 47.2 Å². The predicted molar refractivity (Wildman–Crippen MR) is 97.4 cm³/mol. The van der Waals surface area contributed by atoms with Gasteiger partial charge < -0.3 is 13.9 Å². The average molecular weight is 342 g/mol. The predicted octanol–water partition coefficient (Wildman–Crippen LogP) is 3.84. The van der Waals surface area contributed by atoms with Gasteiger partial charge in [0, 0.05) is 11.7 Å². The third-order valence-corrected chi connectivity index (χ3v) is 5.48. The van der Waals surface area contributed by atoms with Gasteiger partial charge in [-0.2, -0.15) is 5.26 Å². The number of hydrogen-bond donors (Lipinski definition) is 0. The summed E-state index contributed by atoms with van der Waals surface area (Å²) in [5.74, 6) is -0.415. The van der Waals surface area contributed by atoms with E-state index in [1.165, 1.54) is 6.07 Å². The lowest BCUT2D eigenvalue weighted by molar-refractivity contribution is 0.00578. The maximum Gasteiger partial charge on any atom is 0.495 e. The minimum atomic E-state index is -0.634. The molecule has 0 N–H and O–H groups in total. The number of benzene rings is 1. The molecule has 25 heavy (non-hydrogen) atoms. The van der Waals surface area contributed by atoms with Crippen LogP contribution in [0.3, 0.4) is 0 Å². The SMILES string of the molecule is Cc1c(C#N)c2c(F)cc(B3OC(C)(C)C(C)(C)O3)cc2n1C(C)C. The van der Waals surface area contributed by atoms with Crippen LogP contribution >= 0.6 is 0 Å². The van der Waals surface area contributed by atoms with E-state index in [4.69, 9.17) is 9.31 Å². The van der Waals surface area contributed by atoms with E-state index >= 15 is 0 Å². The van der Waals surface area contributed by atoms with Crippen LogP contribution in [0.2, 0.25) is 0 Å². The van der Waals surface area contributed by atoms with Crippen LogP contribution < -0.4 is 5.46 Å². The molecule has 0 aliphatic carbocycles. The molecule has 0 saturated carbocycles. The van der Waals surface area contributed by atoms with E-state index in [0.29, 0.717) is 21.9 Å². The number of halogens is 1. The standard InChI is InChI=1S/C19H24BFN2O2/c1-11(2)23-12(3)14(10-22)17-15(21)8-13(9-16(17)23)20-24-18(4,5)19(6,7)25-20/h8-9,11H,1-7H3. The molecule has 1 aliphatic heterocycles. The van der Waals surface area contributed by atoms with Crippen molar-refractivity contribution in [1.29, 1.82) is 5.26 Å². The van der Waals surface area contributed by atoms with Crippen LogP contribution in [0.1, 0.15) is 58.8 Å². The van der Waals surface area contributed by atoms with Crippen LogP contribution in [-0.2, 0) is 9.31 Å². The first-order chi connectivity index (χ1) is 11.5. The van der Waals surface area contributed by atoms with E-state index < -0.39 is 24.1 Å². The first-order valence-electron chi connectivity index (χ1n) is 8.60. The minimum Gasteiger partial charge on any atom is -0.399 e. The van der Waals surface area contributed by atoms with Gasteiger partial charge in [0.25, 0.3) is 0 Å². The Kier molecular flexibility index (Phi) is 4.01. The summed E-state index contributed by atoms with van der Waals surface area (Å²) in [4.78, 5) is 0. The van der Waals surface area contributed by atoms with Gasteiger partial charge in [0.2, 0.25) is 0 Å². The number of rotatable bonds is 2. The summed E-state index contributed by atoms with van der Waals surface area (Å²) >= 11 is 0. The third kappa shape index (κ3) is 2.57. The molecule has 2 aromatic rings. The van der Waals surface area contributed by atoms with E-state index in [2.05, 4.69) is 6.07 Å². The van der Waals surface area contributed by atoms with Gasteiger partial charge in [-0.05, 0) is 66.1 Å². The Morgan fingerprint density at radius 2 is 1.72 bits per heavy atom. The van der Waals surface area contributed by atoms with Gasteiger partial charge in [0.05, 0.1) is 27.7 Å². The largest absolute Gasteiger partial charge is 0.495 e. The van der Waals surface area contributed by atoms with E-state index in [0.717, 1.165) is 5.69 Å². The van der Waals surface area contributed by atoms with Crippen molar-refractivity contribution in [2.24, 2.45) is 0 Å². The molecule has 0 bridgehead atoms. The Balaban J connectivity index is 2.21. The summed E-state index contributed by atoms with van der Waals surface area (Å²) in [5, 5.41) is 9.84. The van der Waals surface area contributed by atoms with Crippen molar-refractivity contribution in [2.45, 2.75) is 65.7 Å². The molecule has 1 aliphatic rings. The molecule has 0 radical (unpaired) electrons. The second-order valence-electron chi connectivity index (χ2n) is 8.02. The molecule has 0 spiro atoms. The average Bonchev–Trinajstić information content (AvgIpc) is 2.88. The van der Waals surface area contributed by atoms with Crippen molar-refractivity contribution < 1.29 is 13.7 Å². The number of nitriles is 1. The van der Waals surface area contributed by atoms with Gasteiger partial charge >= 0.3 is 7.12 Å². The lowest BCUT2D eigenvalue weighted by atomic mass is 9.78. The van der Waals surface area contributed by atoms with Crippen LogP contribution in [0.4, 0.5) is 4.39 Å². The zero-order valence-electron chi connectivity index (χ0n) is 15.9. The Bertz CT molecular complexity index is 877. The molecule has 3 rings (SSSR count). The van der Waals surface area contributed by atoms with E-state index in [9.17, 15) is 9.65 Å². The molecule has 1 aromatic carbocycles. The van der Waals surface area contributed by atoms with Crippen molar-refractivity contribution in [3.63, 3.8) is 0 Å². The Labute approximate surface area is 148 Å². The fourth-order valence-corrected chi connectivity index (χ4v) is 3.45. The first kappa shape index (κ1) is 18.0. The summed E-state index contributed by atoms with van der Waals surface area (Å²) in [6.45, 7) is 13.8. The van der Waals surface area contributed by atoms with Gasteiger partial charge in [0.1, 0.15) is 11.9 Å². The van der Waals surface area contributed by atoms with Crippen LogP contribution in [0.5, 0.6) is 0 Å². The smallest absolute Gasteiger partial charge is 0.399 e. The summed E-state index contributed by atoms with van der Waals surface area (Å²) in [6, 6.07) is 5.56. The van der Waals surface area contributed by atoms with Gasteiger partial charge in [0.15, 0.2) is 0 Å². The Morgan fingerprint density at radius 1 is 1.16 bits per heavy atom. The quantitative estimate of drug-likeness (QED) is 0.779. The van der Waals surface area contributed by atoms with Gasteiger partial charge in [-0.15, -0.1) is 0 Å². The van der Waals surface area contributed by atoms with Crippen molar-refractivity contribution in [2.75, 3.05) is 0 Å².